The van der Waals surface area contributed by atoms with Crippen molar-refractivity contribution < 1.29 is 9.59 Å². The minimum atomic E-state index is -0.0434. The molecule has 2 fully saturated rings. The Hall–Kier alpha value is -1.35. The van der Waals surface area contributed by atoms with Gasteiger partial charge in [0.2, 0.25) is 5.91 Å². The highest BCUT2D eigenvalue weighted by molar-refractivity contribution is 6.31. The predicted octanol–water partition coefficient (Wildman–Crippen LogP) is 3.98. The summed E-state index contributed by atoms with van der Waals surface area (Å²) in [7, 11) is 0. The second kappa shape index (κ2) is 5.80. The molecule has 1 aromatic carbocycles. The van der Waals surface area contributed by atoms with E-state index in [4.69, 9.17) is 11.6 Å². The van der Waals surface area contributed by atoms with Crippen molar-refractivity contribution in [1.82, 2.24) is 0 Å². The fourth-order valence-corrected chi connectivity index (χ4v) is 3.79. The highest BCUT2D eigenvalue weighted by atomic mass is 35.5. The molecule has 0 radical (unpaired) electrons. The van der Waals surface area contributed by atoms with Gasteiger partial charge in [-0.1, -0.05) is 24.1 Å². The molecule has 1 amide bonds. The van der Waals surface area contributed by atoms with Gasteiger partial charge < -0.3 is 5.32 Å². The first-order valence-electron chi connectivity index (χ1n) is 7.65. The van der Waals surface area contributed by atoms with Gasteiger partial charge in [0.1, 0.15) is 5.78 Å². The average molecular weight is 306 g/mol. The number of aryl methyl sites for hydroxylation is 1. The maximum atomic E-state index is 12.4. The first-order chi connectivity index (χ1) is 10.0. The molecule has 3 rings (SSSR count). The van der Waals surface area contributed by atoms with Crippen molar-refractivity contribution in [2.75, 3.05) is 5.32 Å². The van der Waals surface area contributed by atoms with Gasteiger partial charge >= 0.3 is 0 Å². The summed E-state index contributed by atoms with van der Waals surface area (Å²) in [4.78, 5) is 24.5. The molecule has 1 unspecified atom stereocenters. The standard InChI is InChI=1S/C17H20ClNO2/c1-10-5-6-14(9-15(10)18)19-17(21)13-7-11-3-2-4-12(8-13)16(11)20/h5-6,9,11-13H,2-4,7-8H2,1H3,(H,19,21)/t11-,12+,13?. The van der Waals surface area contributed by atoms with Gasteiger partial charge in [0.15, 0.2) is 0 Å². The van der Waals surface area contributed by atoms with E-state index in [2.05, 4.69) is 5.32 Å². The van der Waals surface area contributed by atoms with Crippen molar-refractivity contribution in [1.29, 1.82) is 0 Å². The lowest BCUT2D eigenvalue weighted by atomic mass is 9.67. The number of anilines is 1. The molecule has 0 heterocycles. The van der Waals surface area contributed by atoms with E-state index in [-0.39, 0.29) is 23.7 Å². The summed E-state index contributed by atoms with van der Waals surface area (Å²) in [5.41, 5.74) is 1.73. The van der Waals surface area contributed by atoms with Crippen LogP contribution in [0.1, 0.15) is 37.7 Å². The van der Waals surface area contributed by atoms with E-state index in [0.717, 1.165) is 30.5 Å². The molecule has 4 heteroatoms. The highest BCUT2D eigenvalue weighted by Gasteiger charge is 2.41. The van der Waals surface area contributed by atoms with E-state index in [0.29, 0.717) is 23.6 Å². The van der Waals surface area contributed by atoms with Crippen molar-refractivity contribution >= 4 is 29.0 Å². The normalized spacial score (nSPS) is 28.3. The van der Waals surface area contributed by atoms with Gasteiger partial charge in [0.25, 0.3) is 0 Å². The van der Waals surface area contributed by atoms with E-state index in [9.17, 15) is 9.59 Å². The van der Waals surface area contributed by atoms with Gasteiger partial charge in [-0.2, -0.15) is 0 Å². The molecular formula is C17H20ClNO2. The third kappa shape index (κ3) is 2.98. The van der Waals surface area contributed by atoms with Crippen molar-refractivity contribution in [3.05, 3.63) is 28.8 Å². The van der Waals surface area contributed by atoms with Crippen LogP contribution in [0.25, 0.3) is 0 Å². The zero-order valence-electron chi connectivity index (χ0n) is 12.2. The smallest absolute Gasteiger partial charge is 0.227 e. The summed E-state index contributed by atoms with van der Waals surface area (Å²) >= 11 is 6.08. The van der Waals surface area contributed by atoms with Crippen LogP contribution >= 0.6 is 11.6 Å². The van der Waals surface area contributed by atoms with E-state index < -0.39 is 0 Å². The SMILES string of the molecule is Cc1ccc(NC(=O)C2C[C@H]3CCC[C@@H](C2)C3=O)cc1Cl. The Kier molecular flexibility index (Phi) is 4.03. The van der Waals surface area contributed by atoms with Gasteiger partial charge in [-0.3, -0.25) is 9.59 Å². The number of fused-ring (bicyclic) bond motifs is 2. The fraction of sp³-hybridized carbons (Fsp3) is 0.529. The van der Waals surface area contributed by atoms with Crippen LogP contribution in [0.5, 0.6) is 0 Å². The van der Waals surface area contributed by atoms with Crippen LogP contribution in [0.4, 0.5) is 5.69 Å². The first kappa shape index (κ1) is 14.6. The van der Waals surface area contributed by atoms with E-state index >= 15 is 0 Å². The van der Waals surface area contributed by atoms with Crippen LogP contribution in [0.2, 0.25) is 5.02 Å². The predicted molar refractivity (Wildman–Crippen MR) is 83.4 cm³/mol. The quantitative estimate of drug-likeness (QED) is 0.898. The number of carbonyl (C=O) groups excluding carboxylic acids is 2. The molecular weight excluding hydrogens is 286 g/mol. The number of ketones is 1. The molecule has 21 heavy (non-hydrogen) atoms. The third-order valence-electron chi connectivity index (χ3n) is 4.86. The summed E-state index contributed by atoms with van der Waals surface area (Å²) < 4.78 is 0. The zero-order chi connectivity index (χ0) is 15.0. The molecule has 0 saturated heterocycles. The lowest BCUT2D eigenvalue weighted by Gasteiger charge is -2.36. The highest BCUT2D eigenvalue weighted by Crippen LogP contribution is 2.40. The first-order valence-corrected chi connectivity index (χ1v) is 8.03. The number of carbonyl (C=O) groups is 2. The number of rotatable bonds is 2. The Morgan fingerprint density at radius 2 is 1.90 bits per heavy atom. The maximum absolute atomic E-state index is 12.4. The molecule has 3 atom stereocenters. The Morgan fingerprint density at radius 3 is 2.52 bits per heavy atom. The van der Waals surface area contributed by atoms with E-state index in [1.165, 1.54) is 0 Å². The maximum Gasteiger partial charge on any atom is 0.227 e. The van der Waals surface area contributed by atoms with Gasteiger partial charge in [-0.05, 0) is 50.3 Å². The summed E-state index contributed by atoms with van der Waals surface area (Å²) in [6.07, 6.45) is 4.45. The van der Waals surface area contributed by atoms with Crippen LogP contribution < -0.4 is 5.32 Å². The molecule has 2 aliphatic rings. The van der Waals surface area contributed by atoms with Crippen molar-refractivity contribution in [3.63, 3.8) is 0 Å². The number of halogens is 1. The largest absolute Gasteiger partial charge is 0.326 e. The lowest BCUT2D eigenvalue weighted by molar-refractivity contribution is -0.136. The number of benzene rings is 1. The van der Waals surface area contributed by atoms with Gasteiger partial charge in [0, 0.05) is 28.5 Å². The summed E-state index contributed by atoms with van der Waals surface area (Å²) in [5.74, 6) is 0.589. The van der Waals surface area contributed by atoms with Gasteiger partial charge in [-0.25, -0.2) is 0 Å². The van der Waals surface area contributed by atoms with E-state index in [1.807, 2.05) is 19.1 Å². The average Bonchev–Trinajstić information content (AvgIpc) is 2.42. The summed E-state index contributed by atoms with van der Waals surface area (Å²) in [6.45, 7) is 1.93. The van der Waals surface area contributed by atoms with Gasteiger partial charge in [0.05, 0.1) is 0 Å². The number of hydrogen-bond acceptors (Lipinski definition) is 2. The Labute approximate surface area is 130 Å². The van der Waals surface area contributed by atoms with Crippen molar-refractivity contribution in [3.8, 4) is 0 Å². The fourth-order valence-electron chi connectivity index (χ4n) is 3.61. The summed E-state index contributed by atoms with van der Waals surface area (Å²) in [5, 5.41) is 3.61. The Balaban J connectivity index is 1.68. The molecule has 0 spiro atoms. The molecule has 3 nitrogen and oxygen atoms in total. The van der Waals surface area contributed by atoms with E-state index in [1.54, 1.807) is 6.07 Å². The lowest BCUT2D eigenvalue weighted by Crippen LogP contribution is -2.40. The number of Topliss-reactive ketones (excluding diaryl/α,β-unsaturated/α-hetero) is 1. The topological polar surface area (TPSA) is 46.2 Å². The molecule has 2 bridgehead atoms. The number of hydrogen-bond donors (Lipinski definition) is 1. The van der Waals surface area contributed by atoms with Gasteiger partial charge in [-0.15, -0.1) is 0 Å². The van der Waals surface area contributed by atoms with Crippen LogP contribution in [-0.2, 0) is 9.59 Å². The monoisotopic (exact) mass is 305 g/mol. The molecule has 1 aromatic rings. The molecule has 112 valence electrons. The Bertz CT molecular complexity index is 568. The molecule has 2 aliphatic carbocycles. The number of amides is 1. The molecule has 2 saturated carbocycles. The second-order valence-electron chi connectivity index (χ2n) is 6.35. The van der Waals surface area contributed by atoms with Crippen LogP contribution in [-0.4, -0.2) is 11.7 Å². The zero-order valence-corrected chi connectivity index (χ0v) is 13.0. The number of nitrogens with one attached hydrogen (secondary N) is 1. The minimum absolute atomic E-state index is 0.0271. The minimum Gasteiger partial charge on any atom is -0.326 e. The van der Waals surface area contributed by atoms with Crippen LogP contribution in [0, 0.1) is 24.7 Å². The third-order valence-corrected chi connectivity index (χ3v) is 5.27. The van der Waals surface area contributed by atoms with Crippen LogP contribution in [0.15, 0.2) is 18.2 Å². The Morgan fingerprint density at radius 1 is 1.24 bits per heavy atom. The summed E-state index contributed by atoms with van der Waals surface area (Å²) in [6, 6.07) is 5.55. The van der Waals surface area contributed by atoms with Crippen LogP contribution in [0.3, 0.4) is 0 Å². The van der Waals surface area contributed by atoms with Crippen molar-refractivity contribution in [2.45, 2.75) is 39.0 Å². The molecule has 0 aliphatic heterocycles. The van der Waals surface area contributed by atoms with Crippen molar-refractivity contribution in [2.24, 2.45) is 17.8 Å². The molecule has 0 aromatic heterocycles. The molecule has 1 N–H and O–H groups in total. The second-order valence-corrected chi connectivity index (χ2v) is 6.76.